The number of fused-ring (bicyclic) bond motifs is 1. The van der Waals surface area contributed by atoms with Crippen molar-refractivity contribution in [1.29, 1.82) is 0 Å². The van der Waals surface area contributed by atoms with Crippen molar-refractivity contribution in [2.45, 2.75) is 51.0 Å². The second-order valence-electron chi connectivity index (χ2n) is 6.20. The molecule has 3 rings (SSSR count). The number of carbonyl (C=O) groups excluding carboxylic acids is 1. The molecule has 0 radical (unpaired) electrons. The molecule has 23 heavy (non-hydrogen) atoms. The number of aromatic nitrogens is 3. The smallest absolute Gasteiger partial charge is 0.329 e. The van der Waals surface area contributed by atoms with Gasteiger partial charge in [0, 0.05) is 17.3 Å². The Morgan fingerprint density at radius 2 is 1.96 bits per heavy atom. The summed E-state index contributed by atoms with van der Waals surface area (Å²) >= 11 is 0. The van der Waals surface area contributed by atoms with E-state index in [0.29, 0.717) is 24.1 Å². The molecule has 0 bridgehead atoms. The number of nitrogens with one attached hydrogen (secondary N) is 2. The maximum Gasteiger partial charge on any atom is 0.329 e. The van der Waals surface area contributed by atoms with Crippen LogP contribution >= 0.6 is 0 Å². The molecule has 0 spiro atoms. The summed E-state index contributed by atoms with van der Waals surface area (Å²) in [5, 5.41) is 20.0. The van der Waals surface area contributed by atoms with E-state index in [1.807, 2.05) is 6.92 Å². The summed E-state index contributed by atoms with van der Waals surface area (Å²) in [6.45, 7) is 1.85. The summed E-state index contributed by atoms with van der Waals surface area (Å²) in [4.78, 5) is 28.5. The number of nitrogens with zero attached hydrogens (tertiary/aromatic N) is 2. The Hall–Kier alpha value is -2.44. The summed E-state index contributed by atoms with van der Waals surface area (Å²) in [6, 6.07) is 1.70. The fraction of sp³-hybridized carbons (Fsp3) is 0.500. The lowest BCUT2D eigenvalue weighted by atomic mass is 9.90. The van der Waals surface area contributed by atoms with Gasteiger partial charge in [0.15, 0.2) is 5.65 Å². The number of H-pyrrole nitrogens is 1. The predicted octanol–water partition coefficient (Wildman–Crippen LogP) is 2.17. The van der Waals surface area contributed by atoms with Gasteiger partial charge in [0.25, 0.3) is 5.91 Å². The van der Waals surface area contributed by atoms with Crippen LogP contribution in [0.1, 0.15) is 54.6 Å². The SMILES string of the molecule is Cc1[nH]nc2ncc(C(=O)NC3(C(=O)O)CCCCCC3)cc12. The van der Waals surface area contributed by atoms with Crippen molar-refractivity contribution in [2.24, 2.45) is 0 Å². The number of carboxylic acid groups (broad SMARTS) is 1. The molecule has 2 aromatic heterocycles. The number of pyridine rings is 1. The van der Waals surface area contributed by atoms with Crippen LogP contribution in [0.2, 0.25) is 0 Å². The van der Waals surface area contributed by atoms with Crippen molar-refractivity contribution >= 4 is 22.9 Å². The number of carboxylic acids is 1. The molecule has 7 nitrogen and oxygen atoms in total. The Morgan fingerprint density at radius 3 is 2.61 bits per heavy atom. The van der Waals surface area contributed by atoms with Gasteiger partial charge in [-0.1, -0.05) is 25.7 Å². The highest BCUT2D eigenvalue weighted by Gasteiger charge is 2.40. The molecular formula is C16H20N4O3. The van der Waals surface area contributed by atoms with Gasteiger partial charge in [-0.05, 0) is 25.8 Å². The van der Waals surface area contributed by atoms with Gasteiger partial charge >= 0.3 is 5.97 Å². The second kappa shape index (κ2) is 5.98. The second-order valence-corrected chi connectivity index (χ2v) is 6.20. The molecular weight excluding hydrogens is 296 g/mol. The van der Waals surface area contributed by atoms with E-state index < -0.39 is 17.4 Å². The van der Waals surface area contributed by atoms with Crippen LogP contribution in [0.4, 0.5) is 0 Å². The van der Waals surface area contributed by atoms with Crippen LogP contribution < -0.4 is 5.32 Å². The zero-order chi connectivity index (χ0) is 16.4. The molecule has 1 amide bonds. The Bertz CT molecular complexity index is 745. The fourth-order valence-electron chi connectivity index (χ4n) is 3.16. The van der Waals surface area contributed by atoms with E-state index in [9.17, 15) is 14.7 Å². The Morgan fingerprint density at radius 1 is 1.26 bits per heavy atom. The van der Waals surface area contributed by atoms with Crippen molar-refractivity contribution < 1.29 is 14.7 Å². The molecule has 122 valence electrons. The maximum absolute atomic E-state index is 12.6. The van der Waals surface area contributed by atoms with Gasteiger partial charge in [-0.2, -0.15) is 5.10 Å². The highest BCUT2D eigenvalue weighted by molar-refractivity contribution is 6.00. The normalized spacial score (nSPS) is 17.6. The molecule has 3 N–H and O–H groups in total. The van der Waals surface area contributed by atoms with Gasteiger partial charge in [0.05, 0.1) is 5.56 Å². The maximum atomic E-state index is 12.6. The minimum absolute atomic E-state index is 0.354. The van der Waals surface area contributed by atoms with Crippen molar-refractivity contribution in [1.82, 2.24) is 20.5 Å². The molecule has 0 aromatic carbocycles. The number of hydrogen-bond acceptors (Lipinski definition) is 4. The van der Waals surface area contributed by atoms with Crippen LogP contribution in [0.25, 0.3) is 11.0 Å². The number of aliphatic carboxylic acids is 1. The van der Waals surface area contributed by atoms with E-state index in [2.05, 4.69) is 20.5 Å². The molecule has 1 aliphatic rings. The quantitative estimate of drug-likeness (QED) is 0.752. The van der Waals surface area contributed by atoms with E-state index >= 15 is 0 Å². The van der Waals surface area contributed by atoms with E-state index in [1.54, 1.807) is 6.07 Å². The molecule has 0 atom stereocenters. The molecule has 1 saturated carbocycles. The van der Waals surface area contributed by atoms with Crippen LogP contribution in [0.3, 0.4) is 0 Å². The lowest BCUT2D eigenvalue weighted by molar-refractivity contribution is -0.145. The largest absolute Gasteiger partial charge is 0.480 e. The number of hydrogen-bond donors (Lipinski definition) is 3. The zero-order valence-electron chi connectivity index (χ0n) is 13.1. The Kier molecular flexibility index (Phi) is 4.02. The van der Waals surface area contributed by atoms with Crippen LogP contribution in [0, 0.1) is 6.92 Å². The lowest BCUT2D eigenvalue weighted by Crippen LogP contribution is -2.54. The van der Waals surface area contributed by atoms with Crippen LogP contribution in [0.5, 0.6) is 0 Å². The minimum atomic E-state index is -1.17. The average Bonchev–Trinajstić information content (AvgIpc) is 2.75. The first-order valence-corrected chi connectivity index (χ1v) is 7.88. The fourth-order valence-corrected chi connectivity index (χ4v) is 3.16. The molecule has 0 aliphatic heterocycles. The minimum Gasteiger partial charge on any atom is -0.480 e. The van der Waals surface area contributed by atoms with Gasteiger partial charge in [-0.3, -0.25) is 9.89 Å². The van der Waals surface area contributed by atoms with Gasteiger partial charge in [-0.25, -0.2) is 9.78 Å². The number of carbonyl (C=O) groups is 2. The van der Waals surface area contributed by atoms with Crippen molar-refractivity contribution in [3.63, 3.8) is 0 Å². The predicted molar refractivity (Wildman–Crippen MR) is 84.2 cm³/mol. The first-order chi connectivity index (χ1) is 11.0. The highest BCUT2D eigenvalue weighted by Crippen LogP contribution is 2.28. The summed E-state index contributed by atoms with van der Waals surface area (Å²) in [7, 11) is 0. The van der Waals surface area contributed by atoms with Crippen molar-refractivity contribution in [2.75, 3.05) is 0 Å². The van der Waals surface area contributed by atoms with E-state index in [4.69, 9.17) is 0 Å². The molecule has 1 fully saturated rings. The van der Waals surface area contributed by atoms with Gasteiger partial charge in [0.2, 0.25) is 0 Å². The van der Waals surface area contributed by atoms with Gasteiger partial charge in [-0.15, -0.1) is 0 Å². The third-order valence-electron chi connectivity index (χ3n) is 4.58. The van der Waals surface area contributed by atoms with E-state index in [1.165, 1.54) is 6.20 Å². The van der Waals surface area contributed by atoms with Crippen LogP contribution in [-0.4, -0.2) is 37.7 Å². The number of rotatable bonds is 3. The lowest BCUT2D eigenvalue weighted by Gasteiger charge is -2.29. The molecule has 2 aromatic rings. The van der Waals surface area contributed by atoms with E-state index in [0.717, 1.165) is 36.8 Å². The molecule has 0 unspecified atom stereocenters. The third kappa shape index (κ3) is 2.91. The summed E-state index contributed by atoms with van der Waals surface area (Å²) in [5.74, 6) is -1.36. The first-order valence-electron chi connectivity index (χ1n) is 7.88. The van der Waals surface area contributed by atoms with Gasteiger partial charge in [0.1, 0.15) is 5.54 Å². The monoisotopic (exact) mass is 316 g/mol. The standard InChI is InChI=1S/C16H20N4O3/c1-10-12-8-11(9-17-13(12)20-19-10)14(21)18-16(15(22)23)6-4-2-3-5-7-16/h8-9H,2-7H2,1H3,(H,18,21)(H,22,23)(H,17,19,20). The molecule has 7 heteroatoms. The molecule has 1 aliphatic carbocycles. The van der Waals surface area contributed by atoms with Crippen LogP contribution in [0.15, 0.2) is 12.3 Å². The summed E-state index contributed by atoms with van der Waals surface area (Å²) < 4.78 is 0. The zero-order valence-corrected chi connectivity index (χ0v) is 13.1. The van der Waals surface area contributed by atoms with Crippen LogP contribution in [-0.2, 0) is 4.79 Å². The number of aryl methyl sites for hydroxylation is 1. The third-order valence-corrected chi connectivity index (χ3v) is 4.58. The van der Waals surface area contributed by atoms with Crippen molar-refractivity contribution in [3.8, 4) is 0 Å². The number of aromatic amines is 1. The Labute approximate surface area is 133 Å². The first kappa shape index (κ1) is 15.5. The summed E-state index contributed by atoms with van der Waals surface area (Å²) in [6.07, 6.45) is 6.00. The van der Waals surface area contributed by atoms with E-state index in [-0.39, 0.29) is 0 Å². The van der Waals surface area contributed by atoms with Crippen molar-refractivity contribution in [3.05, 3.63) is 23.5 Å². The summed E-state index contributed by atoms with van der Waals surface area (Å²) in [5.41, 5.74) is 0.548. The topological polar surface area (TPSA) is 108 Å². The number of amides is 1. The molecule has 0 saturated heterocycles. The Balaban J connectivity index is 1.88. The van der Waals surface area contributed by atoms with Gasteiger partial charge < -0.3 is 10.4 Å². The highest BCUT2D eigenvalue weighted by atomic mass is 16.4. The molecule has 2 heterocycles. The average molecular weight is 316 g/mol.